The van der Waals surface area contributed by atoms with Gasteiger partial charge in [0.2, 0.25) is 5.78 Å². The Morgan fingerprint density at radius 2 is 1.55 bits per heavy atom. The van der Waals surface area contributed by atoms with Gasteiger partial charge >= 0.3 is 70.8 Å². The third kappa shape index (κ3) is 18.7. The first-order chi connectivity index (χ1) is 4.91. The van der Waals surface area contributed by atoms with Crippen molar-refractivity contribution in [3.05, 3.63) is 0 Å². The Labute approximate surface area is 103 Å². The minimum atomic E-state index is -0.792. The van der Waals surface area contributed by atoms with Crippen LogP contribution in [0.2, 0.25) is 0 Å². The van der Waals surface area contributed by atoms with Crippen molar-refractivity contribution in [3.8, 4) is 0 Å². The van der Waals surface area contributed by atoms with Crippen LogP contribution in [0.15, 0.2) is 0 Å². The molecule has 0 aromatic heterocycles. The van der Waals surface area contributed by atoms with E-state index in [0.29, 0.717) is 0 Å². The summed E-state index contributed by atoms with van der Waals surface area (Å²) in [5.74, 6) is -1.36. The van der Waals surface area contributed by atoms with E-state index in [4.69, 9.17) is 0 Å². The minimum absolute atomic E-state index is 0.278. The number of hydrogen-bond acceptors (Lipinski definition) is 3. The fraction of sp³-hybridized carbons (Fsp3) is 0.500. The molecule has 0 aliphatic heterocycles. The van der Waals surface area contributed by atoms with Gasteiger partial charge in [-0.3, -0.25) is 4.79 Å². The summed E-state index contributed by atoms with van der Waals surface area (Å²) in [6.45, 7) is 1.16. The Kier molecular flexibility index (Phi) is 14.0. The van der Waals surface area contributed by atoms with E-state index in [1.54, 1.807) is 0 Å². The third-order valence-electron chi connectivity index (χ3n) is 0.473. The normalized spacial score (nSPS) is 8.18. The van der Waals surface area contributed by atoms with Gasteiger partial charge < -0.3 is 4.74 Å². The monoisotopic (exact) mass is 534 g/mol. The average Bonchev–Trinajstić information content (AvgIpc) is 1.85. The summed E-state index contributed by atoms with van der Waals surface area (Å²) in [5, 5.41) is 0. The zero-order valence-corrected chi connectivity index (χ0v) is 13.7. The van der Waals surface area contributed by atoms with Crippen LogP contribution in [-0.2, 0) is 19.2 Å². The molecule has 0 aliphatic rings. The molecule has 0 amide bonds. The second-order valence-corrected chi connectivity index (χ2v) is 36.6. The van der Waals surface area contributed by atoms with Crippen LogP contribution in [0.1, 0.15) is 6.92 Å². The second kappa shape index (κ2) is 10.00. The van der Waals surface area contributed by atoms with Crippen LogP contribution >= 0.6 is 59.9 Å². The molecule has 0 radical (unpaired) electrons. The van der Waals surface area contributed by atoms with Gasteiger partial charge in [-0.25, -0.2) is 4.79 Å². The molecule has 0 fully saturated rings. The fourth-order valence-electron chi connectivity index (χ4n) is 0.144. The molecule has 0 N–H and O–H groups in total. The van der Waals surface area contributed by atoms with Gasteiger partial charge in [0.25, 0.3) is 0 Å². The van der Waals surface area contributed by atoms with E-state index in [2.05, 4.69) is 64.7 Å². The van der Waals surface area contributed by atoms with Gasteiger partial charge in [-0.1, -0.05) is 0 Å². The summed E-state index contributed by atoms with van der Waals surface area (Å²) in [6.07, 6.45) is 0. The molecule has 0 atom stereocenters. The van der Waals surface area contributed by atoms with Crippen LogP contribution in [0.5, 0.6) is 0 Å². The van der Waals surface area contributed by atoms with E-state index < -0.39 is 11.8 Å². The van der Waals surface area contributed by atoms with Crippen molar-refractivity contribution < 1.29 is 19.2 Å². The number of halogens is 3. The number of ether oxygens (including phenoxy) is 1. The van der Waals surface area contributed by atoms with Crippen molar-refractivity contribution in [2.45, 2.75) is 6.92 Å². The Morgan fingerprint density at radius 3 is 1.55 bits per heavy atom. The molecule has 0 unspecified atom stereocenters. The van der Waals surface area contributed by atoms with E-state index >= 15 is 0 Å². The van der Waals surface area contributed by atoms with E-state index in [9.17, 15) is 9.59 Å². The van der Waals surface area contributed by atoms with Crippen molar-refractivity contribution in [2.75, 3.05) is 7.11 Å². The molecule has 0 aromatic rings. The Morgan fingerprint density at radius 1 is 1.27 bits per heavy atom. The van der Waals surface area contributed by atoms with Gasteiger partial charge in [0.05, 0.1) is 7.11 Å². The van der Waals surface area contributed by atoms with Crippen LogP contribution in [0.4, 0.5) is 0 Å². The number of Topliss-reactive ketones (excluding diaryl/α,β-unsaturated/α-hetero) is 1. The summed E-state index contributed by atoms with van der Waals surface area (Å²) in [6, 6.07) is 0. The summed E-state index contributed by atoms with van der Waals surface area (Å²) >= 11 is 7.39. The van der Waals surface area contributed by atoms with Gasteiger partial charge in [0.15, 0.2) is 0 Å². The second-order valence-electron chi connectivity index (χ2n) is 1.24. The Balaban J connectivity index is 0. The molecule has 0 aromatic carbocycles. The summed E-state index contributed by atoms with van der Waals surface area (Å²) in [5.41, 5.74) is 0. The Bertz CT molecular complexity index is 136. The first-order valence-corrected chi connectivity index (χ1v) is 15.8. The number of esters is 1. The van der Waals surface area contributed by atoms with Crippen LogP contribution in [0.25, 0.3) is 0 Å². The predicted octanol–water partition coefficient (Wildman–Crippen LogP) is 2.40. The molecule has 0 rings (SSSR count). The van der Waals surface area contributed by atoms with Crippen molar-refractivity contribution >= 4 is 71.7 Å². The molecule has 0 bridgehead atoms. The standard InChI is InChI=1S/C4H6O3.3HI.V/c1-3(5)4(6)7-2;;;;/h1-2H3;3*1H;/q;;;;+3/p-3. The van der Waals surface area contributed by atoms with E-state index in [1.165, 1.54) is 7.11 Å². The molecule has 0 spiro atoms. The fourth-order valence-corrected chi connectivity index (χ4v) is 0.144. The molecule has 7 heteroatoms. The van der Waals surface area contributed by atoms with Gasteiger partial charge in [-0.15, -0.1) is 0 Å². The topological polar surface area (TPSA) is 43.4 Å². The molecular weight excluding hydrogens is 528 g/mol. The first-order valence-electron chi connectivity index (χ1n) is 2.28. The zero-order chi connectivity index (χ0) is 9.44. The molecule has 0 saturated heterocycles. The third-order valence-corrected chi connectivity index (χ3v) is 0.473. The number of ketones is 1. The molecule has 66 valence electrons. The quantitative estimate of drug-likeness (QED) is 0.295. The number of rotatable bonds is 1. The van der Waals surface area contributed by atoms with Crippen LogP contribution < -0.4 is 0 Å². The van der Waals surface area contributed by atoms with Gasteiger partial charge in [0.1, 0.15) is 0 Å². The maximum atomic E-state index is 9.94. The molecule has 0 aliphatic carbocycles. The zero-order valence-electron chi connectivity index (χ0n) is 5.81. The van der Waals surface area contributed by atoms with Crippen molar-refractivity contribution in [1.82, 2.24) is 0 Å². The number of carbonyl (C=O) groups is 2. The van der Waals surface area contributed by atoms with E-state index in [-0.39, 0.29) is 4.92 Å². The summed E-state index contributed by atoms with van der Waals surface area (Å²) in [7, 11) is 1.17. The van der Waals surface area contributed by atoms with E-state index in [1.807, 2.05) is 0 Å². The van der Waals surface area contributed by atoms with Gasteiger partial charge in [-0.05, 0) is 0 Å². The van der Waals surface area contributed by atoms with Crippen molar-refractivity contribution in [3.63, 3.8) is 0 Å². The first kappa shape index (κ1) is 15.4. The van der Waals surface area contributed by atoms with Gasteiger partial charge in [0, 0.05) is 6.92 Å². The Hall–Kier alpha value is 1.91. The molecule has 11 heavy (non-hydrogen) atoms. The van der Waals surface area contributed by atoms with Gasteiger partial charge in [-0.2, -0.15) is 0 Å². The summed E-state index contributed by atoms with van der Waals surface area (Å²) < 4.78 is 4.02. The van der Waals surface area contributed by atoms with E-state index in [0.717, 1.165) is 6.92 Å². The molecule has 0 saturated carbocycles. The maximum absolute atomic E-state index is 9.94. The molecule has 3 nitrogen and oxygen atoms in total. The number of carbonyl (C=O) groups excluding carboxylic acids is 2. The predicted molar refractivity (Wildman–Crippen MR) is 64.8 cm³/mol. The van der Waals surface area contributed by atoms with Crippen LogP contribution in [0, 0.1) is 0 Å². The van der Waals surface area contributed by atoms with Crippen molar-refractivity contribution in [2.24, 2.45) is 0 Å². The summed E-state index contributed by atoms with van der Waals surface area (Å²) in [4.78, 5) is 19.6. The number of methoxy groups -OCH3 is 1. The van der Waals surface area contributed by atoms with Crippen LogP contribution in [0.3, 0.4) is 0 Å². The number of hydrogen-bond donors (Lipinski definition) is 0. The SMILES string of the molecule is COC(=O)C(C)=O.[I][V]([I])[I]. The van der Waals surface area contributed by atoms with Crippen LogP contribution in [-0.4, -0.2) is 18.9 Å². The molecular formula is C4H6I3O3V. The van der Waals surface area contributed by atoms with Crippen molar-refractivity contribution in [1.29, 1.82) is 0 Å². The average molecular weight is 534 g/mol. The molecule has 0 heterocycles.